The Kier molecular flexibility index (Phi) is 4.23. The van der Waals surface area contributed by atoms with E-state index in [-0.39, 0.29) is 0 Å². The molecule has 0 atom stereocenters. The molecule has 0 aromatic heterocycles. The van der Waals surface area contributed by atoms with Gasteiger partial charge in [0.1, 0.15) is 12.4 Å². The minimum absolute atomic E-state index is 0.335. The van der Waals surface area contributed by atoms with E-state index in [0.717, 1.165) is 0 Å². The van der Waals surface area contributed by atoms with Crippen LogP contribution in [0.3, 0.4) is 0 Å². The van der Waals surface area contributed by atoms with Crippen LogP contribution in [0.4, 0.5) is 0 Å². The summed E-state index contributed by atoms with van der Waals surface area (Å²) in [4.78, 5) is 10.3. The molecule has 0 aromatic rings. The average Bonchev–Trinajstić information content (AvgIpc) is 1.99. The molecule has 5 heteroatoms. The molecule has 0 rings (SSSR count). The molecule has 10 heavy (non-hydrogen) atoms. The molecule has 0 saturated heterocycles. The van der Waals surface area contributed by atoms with Crippen LogP contribution in [0, 0.1) is 0 Å². The highest BCUT2D eigenvalue weighted by atomic mass is 16.3. The minimum Gasteiger partial charge on any atom is -0.386 e. The maximum Gasteiger partial charge on any atom is 0.265 e. The van der Waals surface area contributed by atoms with Crippen LogP contribution in [-0.2, 0) is 4.79 Å². The van der Waals surface area contributed by atoms with Crippen LogP contribution in [-0.4, -0.2) is 23.5 Å². The maximum absolute atomic E-state index is 10.3. The predicted octanol–water partition coefficient (Wildman–Crippen LogP) is -1.22. The van der Waals surface area contributed by atoms with Crippen LogP contribution in [0.25, 0.3) is 0 Å². The van der Waals surface area contributed by atoms with Crippen molar-refractivity contribution in [2.45, 2.75) is 13.3 Å². The zero-order valence-electron chi connectivity index (χ0n) is 5.79. The number of carbonyl (C=O) groups excluding carboxylic acids is 1. The molecular weight excluding hydrogens is 134 g/mol. The molecule has 0 aliphatic heterocycles. The topological polar surface area (TPSA) is 87.7 Å². The summed E-state index contributed by atoms with van der Waals surface area (Å²) in [6, 6.07) is 0. The van der Waals surface area contributed by atoms with Crippen LogP contribution in [0.5, 0.6) is 0 Å². The molecule has 0 aromatic carbocycles. The highest BCUT2D eigenvalue weighted by Crippen LogP contribution is 1.73. The Morgan fingerprint density at radius 3 is 2.80 bits per heavy atom. The Balaban J connectivity index is 3.61. The Morgan fingerprint density at radius 2 is 2.40 bits per heavy atom. The number of hydrazone groups is 1. The summed E-state index contributed by atoms with van der Waals surface area (Å²) in [5.41, 5.74) is 7.29. The van der Waals surface area contributed by atoms with Gasteiger partial charge in [-0.2, -0.15) is 5.10 Å². The summed E-state index contributed by atoms with van der Waals surface area (Å²) in [5, 5.41) is 11.6. The number of rotatable bonds is 3. The van der Waals surface area contributed by atoms with Crippen LogP contribution >= 0.6 is 0 Å². The van der Waals surface area contributed by atoms with Gasteiger partial charge in [0.15, 0.2) is 0 Å². The summed E-state index contributed by atoms with van der Waals surface area (Å²) >= 11 is 0. The second-order valence-electron chi connectivity index (χ2n) is 1.65. The first kappa shape index (κ1) is 8.90. The summed E-state index contributed by atoms with van der Waals surface area (Å²) in [7, 11) is 0. The monoisotopic (exact) mass is 145 g/mol. The van der Waals surface area contributed by atoms with E-state index in [4.69, 9.17) is 10.8 Å². The van der Waals surface area contributed by atoms with Gasteiger partial charge in [-0.1, -0.05) is 6.92 Å². The minimum atomic E-state index is -0.569. The number of carbonyl (C=O) groups is 1. The molecule has 0 heterocycles. The number of aliphatic hydroxyl groups is 1. The van der Waals surface area contributed by atoms with Crippen LogP contribution < -0.4 is 11.2 Å². The fourth-order valence-corrected chi connectivity index (χ4v) is 0.249. The van der Waals surface area contributed by atoms with E-state index in [1.807, 2.05) is 6.92 Å². The van der Waals surface area contributed by atoms with E-state index in [9.17, 15) is 4.79 Å². The molecular formula is C5H11N3O2. The van der Waals surface area contributed by atoms with Crippen molar-refractivity contribution in [2.24, 2.45) is 10.8 Å². The molecule has 4 N–H and O–H groups in total. The molecule has 1 amide bonds. The third-order valence-electron chi connectivity index (χ3n) is 0.830. The summed E-state index contributed by atoms with van der Waals surface area (Å²) in [6.45, 7) is 1.24. The van der Waals surface area contributed by atoms with Crippen LogP contribution in [0.15, 0.2) is 5.10 Å². The Hall–Kier alpha value is -1.10. The zero-order valence-corrected chi connectivity index (χ0v) is 5.79. The lowest BCUT2D eigenvalue weighted by Crippen LogP contribution is -2.24. The van der Waals surface area contributed by atoms with Gasteiger partial charge < -0.3 is 10.8 Å². The summed E-state index contributed by atoms with van der Waals surface area (Å²) in [5.74, 6) is -0.224. The number of amidine groups is 1. The van der Waals surface area contributed by atoms with Crippen LogP contribution in [0.2, 0.25) is 0 Å². The fourth-order valence-electron chi connectivity index (χ4n) is 0.249. The molecule has 5 nitrogen and oxygen atoms in total. The number of nitrogens with one attached hydrogen (secondary N) is 1. The highest BCUT2D eigenvalue weighted by Gasteiger charge is 1.93. The molecule has 0 unspecified atom stereocenters. The second-order valence-corrected chi connectivity index (χ2v) is 1.65. The normalized spacial score (nSPS) is 11.2. The van der Waals surface area contributed by atoms with Crippen molar-refractivity contribution in [3.05, 3.63) is 0 Å². The lowest BCUT2D eigenvalue weighted by molar-refractivity contribution is -0.123. The van der Waals surface area contributed by atoms with Gasteiger partial charge in [-0.05, 0) is 0 Å². The number of amides is 1. The van der Waals surface area contributed by atoms with Crippen molar-refractivity contribution >= 4 is 11.7 Å². The van der Waals surface area contributed by atoms with E-state index < -0.39 is 12.5 Å². The van der Waals surface area contributed by atoms with Crippen molar-refractivity contribution in [3.8, 4) is 0 Å². The zero-order chi connectivity index (χ0) is 7.98. The first-order valence-electron chi connectivity index (χ1n) is 2.92. The van der Waals surface area contributed by atoms with Crippen molar-refractivity contribution in [2.75, 3.05) is 6.61 Å². The SMILES string of the molecule is CC/C(N)=N/NC(=O)CO. The molecule has 0 radical (unpaired) electrons. The first-order valence-corrected chi connectivity index (χ1v) is 2.92. The van der Waals surface area contributed by atoms with Gasteiger partial charge >= 0.3 is 0 Å². The number of hydrogen-bond donors (Lipinski definition) is 3. The number of aliphatic hydroxyl groups excluding tert-OH is 1. The predicted molar refractivity (Wildman–Crippen MR) is 37.1 cm³/mol. The van der Waals surface area contributed by atoms with E-state index in [1.54, 1.807) is 0 Å². The fraction of sp³-hybridized carbons (Fsp3) is 0.600. The van der Waals surface area contributed by atoms with Gasteiger partial charge in [-0.25, -0.2) is 5.43 Å². The average molecular weight is 145 g/mol. The van der Waals surface area contributed by atoms with E-state index in [1.165, 1.54) is 0 Å². The van der Waals surface area contributed by atoms with Crippen LogP contribution in [0.1, 0.15) is 13.3 Å². The van der Waals surface area contributed by atoms with E-state index in [0.29, 0.717) is 12.3 Å². The summed E-state index contributed by atoms with van der Waals surface area (Å²) in [6.07, 6.45) is 0.575. The van der Waals surface area contributed by atoms with Gasteiger partial charge in [-0.3, -0.25) is 4.79 Å². The summed E-state index contributed by atoms with van der Waals surface area (Å²) < 4.78 is 0. The van der Waals surface area contributed by atoms with E-state index >= 15 is 0 Å². The Morgan fingerprint density at radius 1 is 1.80 bits per heavy atom. The van der Waals surface area contributed by atoms with Crippen molar-refractivity contribution in [1.82, 2.24) is 5.43 Å². The van der Waals surface area contributed by atoms with Crippen molar-refractivity contribution < 1.29 is 9.90 Å². The second kappa shape index (κ2) is 4.75. The molecule has 0 bridgehead atoms. The molecule has 58 valence electrons. The van der Waals surface area contributed by atoms with Gasteiger partial charge in [-0.15, -0.1) is 0 Å². The van der Waals surface area contributed by atoms with Gasteiger partial charge in [0.2, 0.25) is 0 Å². The number of nitrogens with zero attached hydrogens (tertiary/aromatic N) is 1. The van der Waals surface area contributed by atoms with Gasteiger partial charge in [0.25, 0.3) is 5.91 Å². The standard InChI is InChI=1S/C5H11N3O2/c1-2-4(6)7-8-5(10)3-9/h9H,2-3H2,1H3,(H2,6,7)(H,8,10). The lowest BCUT2D eigenvalue weighted by atomic mass is 10.5. The quantitative estimate of drug-likeness (QED) is 0.264. The molecule has 0 aliphatic carbocycles. The smallest absolute Gasteiger partial charge is 0.265 e. The number of nitrogens with two attached hydrogens (primary N) is 1. The Labute approximate surface area is 58.9 Å². The first-order chi connectivity index (χ1) is 4.70. The van der Waals surface area contributed by atoms with E-state index in [2.05, 4.69) is 10.5 Å². The maximum atomic E-state index is 10.3. The third kappa shape index (κ3) is 3.85. The van der Waals surface area contributed by atoms with Crippen molar-refractivity contribution in [1.29, 1.82) is 0 Å². The molecule has 0 spiro atoms. The third-order valence-corrected chi connectivity index (χ3v) is 0.830. The molecule has 0 saturated carbocycles. The Bertz CT molecular complexity index is 144. The van der Waals surface area contributed by atoms with Gasteiger partial charge in [0, 0.05) is 6.42 Å². The molecule has 0 fully saturated rings. The number of hydrogen-bond acceptors (Lipinski definition) is 3. The highest BCUT2D eigenvalue weighted by molar-refractivity contribution is 5.83. The van der Waals surface area contributed by atoms with Crippen molar-refractivity contribution in [3.63, 3.8) is 0 Å². The molecule has 0 aliphatic rings. The largest absolute Gasteiger partial charge is 0.386 e. The van der Waals surface area contributed by atoms with Gasteiger partial charge in [0.05, 0.1) is 0 Å². The lowest BCUT2D eigenvalue weighted by Gasteiger charge is -1.95.